The molecule has 0 saturated carbocycles. The van der Waals surface area contributed by atoms with E-state index in [0.29, 0.717) is 11.1 Å². The molecule has 148 valence electrons. The summed E-state index contributed by atoms with van der Waals surface area (Å²) < 4.78 is 1.78. The molecule has 0 amide bonds. The molecule has 1 unspecified atom stereocenters. The van der Waals surface area contributed by atoms with Gasteiger partial charge in [0, 0.05) is 47.2 Å². The molecule has 2 aliphatic heterocycles. The lowest BCUT2D eigenvalue weighted by molar-refractivity contribution is 0.398. The van der Waals surface area contributed by atoms with Crippen LogP contribution in [0.5, 0.6) is 0 Å². The number of benzene rings is 1. The molecule has 4 rings (SSSR count). The number of rotatable bonds is 3. The first kappa shape index (κ1) is 19.0. The highest BCUT2D eigenvalue weighted by atomic mass is 35.5. The average molecular weight is 400 g/mol. The maximum atomic E-state index is 6.68. The van der Waals surface area contributed by atoms with E-state index in [2.05, 4.69) is 21.0 Å². The topological polar surface area (TPSA) is 92.3 Å². The van der Waals surface area contributed by atoms with Crippen molar-refractivity contribution in [1.82, 2.24) is 25.7 Å². The summed E-state index contributed by atoms with van der Waals surface area (Å²) in [5.41, 5.74) is 10.5. The molecule has 28 heavy (non-hydrogen) atoms. The first-order valence-corrected chi connectivity index (χ1v) is 9.92. The Balaban J connectivity index is 1.70. The van der Waals surface area contributed by atoms with Gasteiger partial charge in [0.05, 0.1) is 6.20 Å². The van der Waals surface area contributed by atoms with Gasteiger partial charge in [-0.05, 0) is 50.6 Å². The van der Waals surface area contributed by atoms with Crippen molar-refractivity contribution in [2.45, 2.75) is 31.6 Å². The van der Waals surface area contributed by atoms with E-state index in [-0.39, 0.29) is 0 Å². The molecule has 0 aliphatic carbocycles. The zero-order valence-corrected chi connectivity index (χ0v) is 16.9. The van der Waals surface area contributed by atoms with Gasteiger partial charge in [-0.3, -0.25) is 10.4 Å². The fraction of sp³-hybridized carbons (Fsp3) is 0.400. The number of nitrogens with two attached hydrogens (primary N) is 1. The predicted molar refractivity (Wildman–Crippen MR) is 113 cm³/mol. The van der Waals surface area contributed by atoms with Crippen molar-refractivity contribution >= 4 is 23.0 Å². The lowest BCUT2D eigenvalue weighted by Gasteiger charge is -2.34. The minimum Gasteiger partial charge on any atom is -0.367 e. The Hall–Kier alpha value is -2.35. The Morgan fingerprint density at radius 1 is 1.32 bits per heavy atom. The number of halogens is 1. The van der Waals surface area contributed by atoms with Crippen molar-refractivity contribution in [2.75, 3.05) is 13.1 Å². The van der Waals surface area contributed by atoms with Gasteiger partial charge >= 0.3 is 0 Å². The highest BCUT2D eigenvalue weighted by molar-refractivity contribution is 6.31. The van der Waals surface area contributed by atoms with Crippen molar-refractivity contribution in [3.8, 4) is 0 Å². The summed E-state index contributed by atoms with van der Waals surface area (Å²) in [4.78, 5) is 4.92. The average Bonchev–Trinajstić information content (AvgIpc) is 3.11. The molecule has 1 saturated heterocycles. The van der Waals surface area contributed by atoms with Crippen LogP contribution in [0.25, 0.3) is 5.57 Å². The molecule has 2 aromatic rings. The van der Waals surface area contributed by atoms with Gasteiger partial charge in [-0.1, -0.05) is 17.7 Å². The number of aryl methyl sites for hydroxylation is 2. The third-order valence-electron chi connectivity index (χ3n) is 5.27. The number of aromatic nitrogens is 2. The van der Waals surface area contributed by atoms with Crippen LogP contribution in [-0.2, 0) is 12.8 Å². The van der Waals surface area contributed by atoms with Gasteiger partial charge in [-0.2, -0.15) is 5.10 Å². The van der Waals surface area contributed by atoms with E-state index in [1.54, 1.807) is 4.68 Å². The largest absolute Gasteiger partial charge is 0.367 e. The van der Waals surface area contributed by atoms with E-state index in [1.807, 2.05) is 50.8 Å². The van der Waals surface area contributed by atoms with Crippen molar-refractivity contribution in [3.63, 3.8) is 0 Å². The third-order valence-corrected chi connectivity index (χ3v) is 5.70. The van der Waals surface area contributed by atoms with E-state index in [0.717, 1.165) is 54.0 Å². The van der Waals surface area contributed by atoms with Crippen LogP contribution in [0.15, 0.2) is 41.8 Å². The molecule has 0 bridgehead atoms. The van der Waals surface area contributed by atoms with E-state index >= 15 is 0 Å². The number of hydrogen-bond donors (Lipinski definition) is 4. The molecule has 1 aromatic carbocycles. The second kappa shape index (κ2) is 7.58. The van der Waals surface area contributed by atoms with Crippen molar-refractivity contribution < 1.29 is 0 Å². The monoisotopic (exact) mass is 399 g/mol. The van der Waals surface area contributed by atoms with Crippen LogP contribution < -0.4 is 21.7 Å². The Bertz CT molecular complexity index is 926. The quantitative estimate of drug-likeness (QED) is 0.632. The summed E-state index contributed by atoms with van der Waals surface area (Å²) >= 11 is 6.19. The number of piperidine rings is 1. The predicted octanol–water partition coefficient (Wildman–Crippen LogP) is 1.84. The normalized spacial score (nSPS) is 23.0. The zero-order chi connectivity index (χ0) is 19.7. The van der Waals surface area contributed by atoms with Crippen LogP contribution in [-0.4, -0.2) is 34.7 Å². The zero-order valence-electron chi connectivity index (χ0n) is 16.2. The minimum absolute atomic E-state index is 0.356. The molecule has 1 fully saturated rings. The molecule has 0 spiro atoms. The Morgan fingerprint density at radius 2 is 2.11 bits per heavy atom. The van der Waals surface area contributed by atoms with E-state index in [4.69, 9.17) is 22.3 Å². The first-order chi connectivity index (χ1) is 13.4. The van der Waals surface area contributed by atoms with Gasteiger partial charge in [0.2, 0.25) is 5.79 Å². The summed E-state index contributed by atoms with van der Waals surface area (Å²) in [5.74, 6) is -0.273. The van der Waals surface area contributed by atoms with Crippen LogP contribution in [0, 0.1) is 6.92 Å². The van der Waals surface area contributed by atoms with Crippen LogP contribution in [0.3, 0.4) is 0 Å². The Morgan fingerprint density at radius 3 is 2.79 bits per heavy atom. The minimum atomic E-state index is -1.06. The molecule has 3 heterocycles. The van der Waals surface area contributed by atoms with Crippen LogP contribution in [0.2, 0.25) is 5.02 Å². The second-order valence-electron chi connectivity index (χ2n) is 7.46. The highest BCUT2D eigenvalue weighted by Crippen LogP contribution is 2.28. The van der Waals surface area contributed by atoms with Gasteiger partial charge in [0.15, 0.2) is 0 Å². The van der Waals surface area contributed by atoms with Crippen LogP contribution >= 0.6 is 11.6 Å². The Labute approximate surface area is 170 Å². The van der Waals surface area contributed by atoms with Gasteiger partial charge < -0.3 is 16.0 Å². The third kappa shape index (κ3) is 3.78. The molecule has 8 heteroatoms. The summed E-state index contributed by atoms with van der Waals surface area (Å²) in [7, 11) is 1.90. The second-order valence-corrected chi connectivity index (χ2v) is 7.87. The molecule has 5 N–H and O–H groups in total. The summed E-state index contributed by atoms with van der Waals surface area (Å²) in [5, 5.41) is 15.3. The van der Waals surface area contributed by atoms with Gasteiger partial charge in [0.25, 0.3) is 0 Å². The summed E-state index contributed by atoms with van der Waals surface area (Å²) in [6, 6.07) is 6.10. The van der Waals surface area contributed by atoms with Gasteiger partial charge in [-0.15, -0.1) is 0 Å². The SMILES string of the molecule is Cc1cc(C2(N)N=C(NC3CCNCC3)C(c3cnn(C)c3)=CN2)ccc1Cl. The van der Waals surface area contributed by atoms with Crippen LogP contribution in [0.4, 0.5) is 0 Å². The molecule has 1 aromatic heterocycles. The molecule has 1 atom stereocenters. The number of hydrogen-bond acceptors (Lipinski definition) is 6. The summed E-state index contributed by atoms with van der Waals surface area (Å²) in [6.45, 7) is 3.96. The molecular weight excluding hydrogens is 374 g/mol. The van der Waals surface area contributed by atoms with Gasteiger partial charge in [0.1, 0.15) is 5.84 Å². The lowest BCUT2D eigenvalue weighted by atomic mass is 10.0. The van der Waals surface area contributed by atoms with E-state index in [9.17, 15) is 0 Å². The first-order valence-electron chi connectivity index (χ1n) is 9.54. The molecule has 2 aliphatic rings. The molecular formula is C20H26ClN7. The highest BCUT2D eigenvalue weighted by Gasteiger charge is 2.32. The maximum absolute atomic E-state index is 6.68. The number of amidine groups is 1. The van der Waals surface area contributed by atoms with Crippen molar-refractivity contribution in [1.29, 1.82) is 0 Å². The standard InChI is InChI=1S/C20H26ClN7/c1-13-9-15(3-4-18(13)21)20(22)24-11-17(14-10-25-28(2)12-14)19(27-20)26-16-5-7-23-8-6-16/h3-4,9-12,16,23-24H,5-8,22H2,1-2H3,(H,26,27). The lowest BCUT2D eigenvalue weighted by Crippen LogP contribution is -2.52. The number of nitrogens with one attached hydrogen (secondary N) is 3. The van der Waals surface area contributed by atoms with E-state index in [1.165, 1.54) is 0 Å². The molecule has 0 radical (unpaired) electrons. The van der Waals surface area contributed by atoms with Crippen molar-refractivity contribution in [3.05, 3.63) is 58.5 Å². The summed E-state index contributed by atoms with van der Waals surface area (Å²) in [6.07, 6.45) is 7.83. The van der Waals surface area contributed by atoms with Crippen molar-refractivity contribution in [2.24, 2.45) is 17.8 Å². The maximum Gasteiger partial charge on any atom is 0.211 e. The fourth-order valence-electron chi connectivity index (χ4n) is 3.60. The van der Waals surface area contributed by atoms with Gasteiger partial charge in [-0.25, -0.2) is 4.99 Å². The number of aliphatic imine (C=N–C) groups is 1. The number of nitrogens with zero attached hydrogens (tertiary/aromatic N) is 3. The Kier molecular flexibility index (Phi) is 5.14. The van der Waals surface area contributed by atoms with E-state index < -0.39 is 5.79 Å². The fourth-order valence-corrected chi connectivity index (χ4v) is 3.72. The smallest absolute Gasteiger partial charge is 0.211 e. The van der Waals surface area contributed by atoms with Crippen LogP contribution in [0.1, 0.15) is 29.5 Å². The molecule has 7 nitrogen and oxygen atoms in total.